The topological polar surface area (TPSA) is 66.1 Å². The summed E-state index contributed by atoms with van der Waals surface area (Å²) in [7, 11) is 0. The molecule has 0 saturated heterocycles. The molecule has 1 aliphatic heterocycles. The Morgan fingerprint density at radius 2 is 1.74 bits per heavy atom. The van der Waals surface area contributed by atoms with Gasteiger partial charge in [0.2, 0.25) is 0 Å². The first-order valence-electron chi connectivity index (χ1n) is 12.0. The van der Waals surface area contributed by atoms with Gasteiger partial charge in [0.05, 0.1) is 27.9 Å². The second-order valence-electron chi connectivity index (χ2n) is 10.0. The van der Waals surface area contributed by atoms with E-state index in [9.17, 15) is 22.4 Å². The van der Waals surface area contributed by atoms with Crippen LogP contribution in [0.2, 0.25) is 0 Å². The summed E-state index contributed by atoms with van der Waals surface area (Å²) < 4.78 is 91.3. The number of H-pyrrole nitrogens is 1. The van der Waals surface area contributed by atoms with Crippen LogP contribution in [0.4, 0.5) is 42.5 Å². The fourth-order valence-corrected chi connectivity index (χ4v) is 5.30. The number of anilines is 2. The van der Waals surface area contributed by atoms with Gasteiger partial charge in [0.25, 0.3) is 0 Å². The molecule has 1 aromatic heterocycles. The van der Waals surface area contributed by atoms with Crippen molar-refractivity contribution in [3.8, 4) is 11.1 Å². The number of para-hydroxylation sites is 2. The van der Waals surface area contributed by atoms with Crippen molar-refractivity contribution in [2.24, 2.45) is 0 Å². The third-order valence-corrected chi connectivity index (χ3v) is 6.97. The molecule has 0 radical (unpaired) electrons. The standard InChI is InChI=1S/C28H23F6N3O2/c1-13-20-19(12-18(30)21(22(20)31)15-7-4-6-14-10-11-35-23(14)15)37-27(2,3)25(13)39-26(38)36-24-16(28(32,33)34)8-5-9-17(24)29/h4-13,25,35,37H,1-3H3,(H,36,38)/t13-,25+/m0/s1. The Balaban J connectivity index is 1.51. The lowest BCUT2D eigenvalue weighted by Gasteiger charge is -2.44. The Labute approximate surface area is 219 Å². The Kier molecular flexibility index (Phi) is 6.27. The summed E-state index contributed by atoms with van der Waals surface area (Å²) in [6.45, 7) is 4.78. The summed E-state index contributed by atoms with van der Waals surface area (Å²) in [4.78, 5) is 15.7. The molecule has 2 atom stereocenters. The van der Waals surface area contributed by atoms with Crippen molar-refractivity contribution in [2.45, 2.75) is 44.5 Å². The van der Waals surface area contributed by atoms with Crippen molar-refractivity contribution in [3.63, 3.8) is 0 Å². The minimum atomic E-state index is -4.94. The quantitative estimate of drug-likeness (QED) is 0.227. The van der Waals surface area contributed by atoms with Crippen LogP contribution < -0.4 is 10.6 Å². The van der Waals surface area contributed by atoms with E-state index in [-0.39, 0.29) is 16.8 Å². The highest BCUT2D eigenvalue weighted by atomic mass is 19.4. The molecule has 204 valence electrons. The number of ether oxygens (including phenoxy) is 1. The molecule has 2 heterocycles. The number of alkyl halides is 3. The van der Waals surface area contributed by atoms with Gasteiger partial charge >= 0.3 is 12.3 Å². The van der Waals surface area contributed by atoms with E-state index in [2.05, 4.69) is 10.3 Å². The van der Waals surface area contributed by atoms with E-state index in [0.29, 0.717) is 17.1 Å². The molecule has 1 amide bonds. The number of aromatic amines is 1. The molecule has 39 heavy (non-hydrogen) atoms. The number of amides is 1. The van der Waals surface area contributed by atoms with Crippen molar-refractivity contribution >= 4 is 28.4 Å². The number of halogens is 6. The van der Waals surface area contributed by atoms with Gasteiger partial charge in [-0.05, 0) is 43.5 Å². The van der Waals surface area contributed by atoms with Gasteiger partial charge in [-0.25, -0.2) is 18.0 Å². The Morgan fingerprint density at radius 3 is 2.46 bits per heavy atom. The minimum Gasteiger partial charge on any atom is -0.443 e. The summed E-state index contributed by atoms with van der Waals surface area (Å²) in [6.07, 6.45) is -5.79. The van der Waals surface area contributed by atoms with Gasteiger partial charge in [-0.3, -0.25) is 5.32 Å². The molecule has 11 heteroatoms. The van der Waals surface area contributed by atoms with Gasteiger partial charge in [-0.1, -0.05) is 31.2 Å². The minimum absolute atomic E-state index is 0.0361. The van der Waals surface area contributed by atoms with Crippen LogP contribution in [0.15, 0.2) is 54.7 Å². The number of hydrogen-bond donors (Lipinski definition) is 3. The zero-order chi connectivity index (χ0) is 28.3. The zero-order valence-corrected chi connectivity index (χ0v) is 20.9. The highest BCUT2D eigenvalue weighted by molar-refractivity contribution is 5.95. The van der Waals surface area contributed by atoms with Crippen molar-refractivity contribution < 1.29 is 35.9 Å². The smallest absolute Gasteiger partial charge is 0.418 e. The average Bonchev–Trinajstić information content (AvgIpc) is 3.31. The molecule has 1 aliphatic rings. The normalized spacial score (nSPS) is 18.4. The second kappa shape index (κ2) is 9.25. The number of benzene rings is 3. The summed E-state index contributed by atoms with van der Waals surface area (Å²) in [5, 5.41) is 5.58. The van der Waals surface area contributed by atoms with Crippen LogP contribution in [-0.2, 0) is 10.9 Å². The molecule has 0 fully saturated rings. The average molecular weight is 547 g/mol. The Hall–Kier alpha value is -4.15. The van der Waals surface area contributed by atoms with Crippen molar-refractivity contribution in [1.82, 2.24) is 4.98 Å². The first-order chi connectivity index (χ1) is 18.3. The molecule has 5 rings (SSSR count). The SMILES string of the molecule is C[C@H]1c2c(cc(F)c(-c3cccc4cc[nH]c34)c2F)NC(C)(C)[C@@H]1OC(=O)Nc1c(F)cccc1C(F)(F)F. The molecule has 5 nitrogen and oxygen atoms in total. The summed E-state index contributed by atoms with van der Waals surface area (Å²) in [5.41, 5.74) is -2.84. The number of carbonyl (C=O) groups excluding carboxylic acids is 1. The second-order valence-corrected chi connectivity index (χ2v) is 10.0. The number of rotatable bonds is 3. The number of aromatic nitrogens is 1. The van der Waals surface area contributed by atoms with E-state index in [1.54, 1.807) is 51.2 Å². The first kappa shape index (κ1) is 26.5. The van der Waals surface area contributed by atoms with E-state index in [4.69, 9.17) is 4.74 Å². The van der Waals surface area contributed by atoms with E-state index in [0.717, 1.165) is 17.5 Å². The van der Waals surface area contributed by atoms with Gasteiger partial charge in [0.15, 0.2) is 0 Å². The fourth-order valence-electron chi connectivity index (χ4n) is 5.30. The third-order valence-electron chi connectivity index (χ3n) is 6.97. The summed E-state index contributed by atoms with van der Waals surface area (Å²) in [5.74, 6) is -3.84. The predicted octanol–water partition coefficient (Wildman–Crippen LogP) is 8.20. The van der Waals surface area contributed by atoms with E-state index in [1.165, 1.54) is 6.07 Å². The molecule has 3 aromatic carbocycles. The van der Waals surface area contributed by atoms with Gasteiger partial charge in [0.1, 0.15) is 23.6 Å². The highest BCUT2D eigenvalue weighted by Gasteiger charge is 2.45. The Morgan fingerprint density at radius 1 is 1.03 bits per heavy atom. The van der Waals surface area contributed by atoms with Gasteiger partial charge in [-0.15, -0.1) is 0 Å². The molecule has 0 saturated carbocycles. The first-order valence-corrected chi connectivity index (χ1v) is 12.0. The number of carbonyl (C=O) groups is 1. The van der Waals surface area contributed by atoms with E-state index >= 15 is 8.78 Å². The molecular formula is C28H23F6N3O2. The number of fused-ring (bicyclic) bond motifs is 2. The molecule has 0 spiro atoms. The van der Waals surface area contributed by atoms with Crippen LogP contribution in [0.5, 0.6) is 0 Å². The van der Waals surface area contributed by atoms with Crippen LogP contribution in [0.3, 0.4) is 0 Å². The van der Waals surface area contributed by atoms with Crippen LogP contribution in [-0.4, -0.2) is 22.7 Å². The van der Waals surface area contributed by atoms with Gasteiger partial charge in [0, 0.05) is 28.9 Å². The Bertz CT molecular complexity index is 1590. The van der Waals surface area contributed by atoms with Crippen LogP contribution in [0.25, 0.3) is 22.0 Å². The van der Waals surface area contributed by atoms with Crippen LogP contribution in [0.1, 0.15) is 37.8 Å². The van der Waals surface area contributed by atoms with Crippen LogP contribution in [0, 0.1) is 17.5 Å². The predicted molar refractivity (Wildman–Crippen MR) is 135 cm³/mol. The lowest BCUT2D eigenvalue weighted by Crippen LogP contribution is -2.52. The molecule has 4 aromatic rings. The van der Waals surface area contributed by atoms with Gasteiger partial charge in [-0.2, -0.15) is 13.2 Å². The maximum atomic E-state index is 16.1. The van der Waals surface area contributed by atoms with Crippen molar-refractivity contribution in [2.75, 3.05) is 10.6 Å². The van der Waals surface area contributed by atoms with E-state index < -0.39 is 58.5 Å². The van der Waals surface area contributed by atoms with Crippen molar-refractivity contribution in [3.05, 3.63) is 83.3 Å². The van der Waals surface area contributed by atoms with Gasteiger partial charge < -0.3 is 15.0 Å². The lowest BCUT2D eigenvalue weighted by atomic mass is 9.77. The molecular weight excluding hydrogens is 524 g/mol. The maximum absolute atomic E-state index is 16.1. The molecule has 0 unspecified atom stereocenters. The highest BCUT2D eigenvalue weighted by Crippen LogP contribution is 2.46. The monoisotopic (exact) mass is 547 g/mol. The molecule has 3 N–H and O–H groups in total. The summed E-state index contributed by atoms with van der Waals surface area (Å²) in [6, 6.07) is 10.2. The fraction of sp³-hybridized carbons (Fsp3) is 0.250. The summed E-state index contributed by atoms with van der Waals surface area (Å²) >= 11 is 0. The zero-order valence-electron chi connectivity index (χ0n) is 20.9. The number of nitrogens with one attached hydrogen (secondary N) is 3. The van der Waals surface area contributed by atoms with E-state index in [1.807, 2.05) is 5.32 Å². The maximum Gasteiger partial charge on any atom is 0.418 e. The van der Waals surface area contributed by atoms with Crippen molar-refractivity contribution in [1.29, 1.82) is 0 Å². The van der Waals surface area contributed by atoms with Crippen LogP contribution >= 0.6 is 0 Å². The lowest BCUT2D eigenvalue weighted by molar-refractivity contribution is -0.137. The third kappa shape index (κ3) is 4.55. The number of hydrogen-bond acceptors (Lipinski definition) is 3. The largest absolute Gasteiger partial charge is 0.443 e. The molecule has 0 bridgehead atoms. The molecule has 0 aliphatic carbocycles.